The molecule has 0 N–H and O–H groups in total. The summed E-state index contributed by atoms with van der Waals surface area (Å²) >= 11 is 0. The number of hydrogen-bond donors (Lipinski definition) is 0. The van der Waals surface area contributed by atoms with Crippen LogP contribution in [0.2, 0.25) is 0 Å². The minimum atomic E-state index is 0.118. The summed E-state index contributed by atoms with van der Waals surface area (Å²) in [6.45, 7) is 8.89. The van der Waals surface area contributed by atoms with E-state index in [1.165, 1.54) is 22.1 Å². The Balaban J connectivity index is 1.18. The number of para-hydroxylation sites is 3. The third-order valence-corrected chi connectivity index (χ3v) is 8.82. The van der Waals surface area contributed by atoms with E-state index in [1.54, 1.807) is 0 Å². The highest BCUT2D eigenvalue weighted by Gasteiger charge is 2.17. The highest BCUT2D eigenvalue weighted by atomic mass is 16.5. The lowest BCUT2D eigenvalue weighted by Crippen LogP contribution is -2.10. The van der Waals surface area contributed by atoms with Gasteiger partial charge in [-0.1, -0.05) is 81.4 Å². The van der Waals surface area contributed by atoms with Crippen LogP contribution in [0.3, 0.4) is 0 Å². The van der Waals surface area contributed by atoms with E-state index in [9.17, 15) is 0 Å². The summed E-state index contributed by atoms with van der Waals surface area (Å²) in [5, 5.41) is 2.34. The van der Waals surface area contributed by atoms with Gasteiger partial charge in [0.15, 0.2) is 0 Å². The number of pyridine rings is 1. The first-order chi connectivity index (χ1) is 22.3. The Bertz CT molecular complexity index is 2390. The summed E-state index contributed by atoms with van der Waals surface area (Å²) in [6.07, 6.45) is 3.86. The van der Waals surface area contributed by atoms with Crippen molar-refractivity contribution < 1.29 is 4.74 Å². The molecule has 0 aliphatic rings. The third kappa shape index (κ3) is 4.81. The van der Waals surface area contributed by atoms with E-state index in [1.807, 2.05) is 55.0 Å². The van der Waals surface area contributed by atoms with Crippen LogP contribution in [0.4, 0.5) is 0 Å². The van der Waals surface area contributed by atoms with Crippen LogP contribution < -0.4 is 4.74 Å². The van der Waals surface area contributed by atoms with Crippen molar-refractivity contribution in [3.63, 3.8) is 0 Å². The number of nitrogens with zero attached hydrogens (tertiary/aromatic N) is 4. The first-order valence-electron chi connectivity index (χ1n) is 15.6. The van der Waals surface area contributed by atoms with Gasteiger partial charge in [0.25, 0.3) is 0 Å². The quantitative estimate of drug-likeness (QED) is 0.198. The smallest absolute Gasteiger partial charge is 0.137 e. The molecule has 0 amide bonds. The fourth-order valence-electron chi connectivity index (χ4n) is 6.37. The molecule has 5 heteroatoms. The van der Waals surface area contributed by atoms with Crippen LogP contribution in [0.5, 0.6) is 11.5 Å². The second kappa shape index (κ2) is 10.7. The summed E-state index contributed by atoms with van der Waals surface area (Å²) in [4.78, 5) is 9.58. The molecule has 0 radical (unpaired) electrons. The fraction of sp³-hybridized carbons (Fsp3) is 0.122. The lowest BCUT2D eigenvalue weighted by Gasteiger charge is -2.19. The second-order valence-corrected chi connectivity index (χ2v) is 12.9. The van der Waals surface area contributed by atoms with Crippen molar-refractivity contribution in [2.75, 3.05) is 0 Å². The van der Waals surface area contributed by atoms with Crippen LogP contribution in [-0.4, -0.2) is 19.1 Å². The normalized spacial score (nSPS) is 11.9. The van der Waals surface area contributed by atoms with Crippen molar-refractivity contribution in [1.82, 2.24) is 19.1 Å². The summed E-state index contributed by atoms with van der Waals surface area (Å²) in [6, 6.07) is 42.1. The molecule has 0 aliphatic heterocycles. The molecule has 0 saturated heterocycles. The molecule has 0 atom stereocenters. The number of hydrogen-bond acceptors (Lipinski definition) is 3. The second-order valence-electron chi connectivity index (χ2n) is 12.9. The van der Waals surface area contributed by atoms with Gasteiger partial charge in [0, 0.05) is 34.7 Å². The van der Waals surface area contributed by atoms with Gasteiger partial charge in [0.05, 0.1) is 27.8 Å². The summed E-state index contributed by atoms with van der Waals surface area (Å²) in [7, 11) is 0. The minimum Gasteiger partial charge on any atom is -0.457 e. The molecule has 5 nitrogen and oxygen atoms in total. The fourth-order valence-corrected chi connectivity index (χ4v) is 6.37. The molecule has 3 aromatic heterocycles. The summed E-state index contributed by atoms with van der Waals surface area (Å²) in [5.74, 6) is 2.40. The minimum absolute atomic E-state index is 0.118. The zero-order valence-electron chi connectivity index (χ0n) is 26.4. The van der Waals surface area contributed by atoms with Crippen molar-refractivity contribution in [2.45, 2.75) is 33.1 Å². The summed E-state index contributed by atoms with van der Waals surface area (Å²) in [5.41, 5.74) is 10.1. The standard InChI is InChI=1S/C41H34N4O/c1-27-22-40(42-25-35(27)28-16-18-29(19-17-28)41(2,3)4)45-37-14-7-5-12-33(37)34-21-20-32(24-39(34)45)46-31-11-9-10-30(23-31)44-26-43-36-13-6-8-15-38(36)44/h5-26H,1-4H3. The first kappa shape index (κ1) is 27.8. The van der Waals surface area contributed by atoms with Gasteiger partial charge in [-0.2, -0.15) is 0 Å². The number of aryl methyl sites for hydroxylation is 1. The van der Waals surface area contributed by atoms with E-state index in [0.717, 1.165) is 56.0 Å². The Morgan fingerprint density at radius 1 is 0.630 bits per heavy atom. The number of aromatic nitrogens is 4. The maximum atomic E-state index is 6.49. The Hall–Kier alpha value is -5.68. The van der Waals surface area contributed by atoms with Crippen LogP contribution in [0.1, 0.15) is 31.9 Å². The van der Waals surface area contributed by atoms with Crippen LogP contribution in [0.25, 0.3) is 55.5 Å². The SMILES string of the molecule is Cc1cc(-n2c3ccccc3c3ccc(Oc4cccc(-n5cnc6ccccc65)c4)cc32)ncc1-c1ccc(C(C)(C)C)cc1. The zero-order chi connectivity index (χ0) is 31.4. The number of rotatable bonds is 5. The molecule has 0 saturated carbocycles. The number of ether oxygens (including phenoxy) is 1. The molecule has 224 valence electrons. The van der Waals surface area contributed by atoms with E-state index in [-0.39, 0.29) is 5.41 Å². The Labute approximate surface area is 268 Å². The van der Waals surface area contributed by atoms with Crippen LogP contribution in [0, 0.1) is 6.92 Å². The highest BCUT2D eigenvalue weighted by Crippen LogP contribution is 2.36. The van der Waals surface area contributed by atoms with Gasteiger partial charge in [-0.05, 0) is 77.6 Å². The molecule has 5 aromatic carbocycles. The lowest BCUT2D eigenvalue weighted by molar-refractivity contribution is 0.483. The molecule has 0 bridgehead atoms. The maximum absolute atomic E-state index is 6.49. The maximum Gasteiger partial charge on any atom is 0.137 e. The van der Waals surface area contributed by atoms with Crippen molar-refractivity contribution in [1.29, 1.82) is 0 Å². The van der Waals surface area contributed by atoms with Gasteiger partial charge < -0.3 is 4.74 Å². The van der Waals surface area contributed by atoms with E-state index in [2.05, 4.69) is 121 Å². The topological polar surface area (TPSA) is 44.9 Å². The van der Waals surface area contributed by atoms with Crippen molar-refractivity contribution in [2.24, 2.45) is 0 Å². The average Bonchev–Trinajstić information content (AvgIpc) is 3.64. The first-order valence-corrected chi connectivity index (χ1v) is 15.6. The van der Waals surface area contributed by atoms with Gasteiger partial charge in [-0.3, -0.25) is 9.13 Å². The van der Waals surface area contributed by atoms with Gasteiger partial charge in [0.2, 0.25) is 0 Å². The molecule has 3 heterocycles. The molecule has 8 rings (SSSR count). The Kier molecular flexibility index (Phi) is 6.50. The van der Waals surface area contributed by atoms with Crippen molar-refractivity contribution in [3.05, 3.63) is 145 Å². The average molecular weight is 599 g/mol. The number of fused-ring (bicyclic) bond motifs is 4. The van der Waals surface area contributed by atoms with Crippen LogP contribution >= 0.6 is 0 Å². The molecule has 0 unspecified atom stereocenters. The van der Waals surface area contributed by atoms with E-state index < -0.39 is 0 Å². The number of benzene rings is 5. The van der Waals surface area contributed by atoms with E-state index >= 15 is 0 Å². The monoisotopic (exact) mass is 598 g/mol. The third-order valence-electron chi connectivity index (χ3n) is 8.82. The Morgan fingerprint density at radius 2 is 1.37 bits per heavy atom. The largest absolute Gasteiger partial charge is 0.457 e. The predicted molar refractivity (Wildman–Crippen MR) is 189 cm³/mol. The summed E-state index contributed by atoms with van der Waals surface area (Å²) < 4.78 is 10.8. The molecule has 0 aliphatic carbocycles. The van der Waals surface area contributed by atoms with E-state index in [0.29, 0.717) is 0 Å². The molecular weight excluding hydrogens is 564 g/mol. The number of imidazole rings is 1. The zero-order valence-corrected chi connectivity index (χ0v) is 26.4. The molecule has 0 fully saturated rings. The van der Waals surface area contributed by atoms with Crippen LogP contribution in [0.15, 0.2) is 134 Å². The van der Waals surface area contributed by atoms with E-state index in [4.69, 9.17) is 9.72 Å². The van der Waals surface area contributed by atoms with Gasteiger partial charge in [-0.15, -0.1) is 0 Å². The van der Waals surface area contributed by atoms with Crippen LogP contribution in [-0.2, 0) is 5.41 Å². The Morgan fingerprint density at radius 3 is 2.17 bits per heavy atom. The molecular formula is C41H34N4O. The van der Waals surface area contributed by atoms with Crippen molar-refractivity contribution in [3.8, 4) is 34.1 Å². The molecule has 0 spiro atoms. The lowest BCUT2D eigenvalue weighted by atomic mass is 9.86. The van der Waals surface area contributed by atoms with Crippen molar-refractivity contribution >= 4 is 32.8 Å². The molecule has 46 heavy (non-hydrogen) atoms. The highest BCUT2D eigenvalue weighted by molar-refractivity contribution is 6.09. The van der Waals surface area contributed by atoms with Gasteiger partial charge in [0.1, 0.15) is 23.6 Å². The molecule has 8 aromatic rings. The van der Waals surface area contributed by atoms with Gasteiger partial charge in [-0.25, -0.2) is 9.97 Å². The van der Waals surface area contributed by atoms with Gasteiger partial charge >= 0.3 is 0 Å². The predicted octanol–water partition coefficient (Wildman–Crippen LogP) is 10.6.